The van der Waals surface area contributed by atoms with Gasteiger partial charge in [-0.15, -0.1) is 0 Å². The SMILES string of the molecule is CCCCCCCCCCCCN1CCN=C1C(F)(F)F. The van der Waals surface area contributed by atoms with Crippen LogP contribution in [0.4, 0.5) is 13.2 Å². The summed E-state index contributed by atoms with van der Waals surface area (Å²) in [6.07, 6.45) is 7.78. The first-order chi connectivity index (χ1) is 10.1. The zero-order valence-corrected chi connectivity index (χ0v) is 13.2. The predicted octanol–water partition coefficient (Wildman–Crippen LogP) is 5.18. The molecule has 0 aromatic carbocycles. The number of amidine groups is 1. The molecule has 0 aliphatic carbocycles. The van der Waals surface area contributed by atoms with E-state index < -0.39 is 12.0 Å². The van der Waals surface area contributed by atoms with E-state index in [4.69, 9.17) is 0 Å². The van der Waals surface area contributed by atoms with Gasteiger partial charge in [-0.1, -0.05) is 64.7 Å². The van der Waals surface area contributed by atoms with E-state index >= 15 is 0 Å². The summed E-state index contributed by atoms with van der Waals surface area (Å²) >= 11 is 0. The molecule has 0 aromatic rings. The first-order valence-corrected chi connectivity index (χ1v) is 8.42. The maximum atomic E-state index is 12.6. The molecule has 0 saturated carbocycles. The quantitative estimate of drug-likeness (QED) is 0.480. The lowest BCUT2D eigenvalue weighted by molar-refractivity contribution is -0.0673. The van der Waals surface area contributed by atoms with Gasteiger partial charge in [0, 0.05) is 13.1 Å². The third-order valence-corrected chi connectivity index (χ3v) is 3.97. The van der Waals surface area contributed by atoms with Crippen molar-refractivity contribution in [3.05, 3.63) is 0 Å². The second-order valence-electron chi connectivity index (χ2n) is 5.87. The molecule has 1 heterocycles. The normalized spacial score (nSPS) is 15.6. The van der Waals surface area contributed by atoms with Gasteiger partial charge in [0.1, 0.15) is 0 Å². The number of unbranched alkanes of at least 4 members (excludes halogenated alkanes) is 9. The number of rotatable bonds is 11. The summed E-state index contributed by atoms with van der Waals surface area (Å²) in [5.41, 5.74) is 0. The molecule has 0 saturated heterocycles. The Labute approximate surface area is 126 Å². The highest BCUT2D eigenvalue weighted by molar-refractivity contribution is 5.88. The Kier molecular flexibility index (Phi) is 8.77. The molecule has 0 unspecified atom stereocenters. The zero-order valence-electron chi connectivity index (χ0n) is 13.2. The van der Waals surface area contributed by atoms with Gasteiger partial charge in [0.2, 0.25) is 5.84 Å². The summed E-state index contributed by atoms with van der Waals surface area (Å²) in [5.74, 6) is -0.668. The lowest BCUT2D eigenvalue weighted by Gasteiger charge is -2.21. The van der Waals surface area contributed by atoms with Crippen molar-refractivity contribution in [3.8, 4) is 0 Å². The van der Waals surface area contributed by atoms with Gasteiger partial charge in [-0.05, 0) is 6.42 Å². The van der Waals surface area contributed by atoms with E-state index in [1.165, 1.54) is 49.8 Å². The average molecular weight is 306 g/mol. The van der Waals surface area contributed by atoms with Gasteiger partial charge in [-0.25, -0.2) is 0 Å². The molecule has 0 spiro atoms. The molecule has 0 fully saturated rings. The van der Waals surface area contributed by atoms with Crippen molar-refractivity contribution in [1.82, 2.24) is 4.90 Å². The Bertz CT molecular complexity index is 300. The van der Waals surface area contributed by atoms with E-state index in [0.717, 1.165) is 19.3 Å². The van der Waals surface area contributed by atoms with Crippen LogP contribution in [-0.2, 0) is 0 Å². The highest BCUT2D eigenvalue weighted by Gasteiger charge is 2.41. The molecular formula is C16H29F3N2. The molecular weight excluding hydrogens is 277 g/mol. The topological polar surface area (TPSA) is 15.6 Å². The minimum atomic E-state index is -4.28. The van der Waals surface area contributed by atoms with Crippen LogP contribution in [0.25, 0.3) is 0 Å². The highest BCUT2D eigenvalue weighted by Crippen LogP contribution is 2.23. The van der Waals surface area contributed by atoms with Crippen molar-refractivity contribution in [1.29, 1.82) is 0 Å². The Hall–Kier alpha value is -0.740. The van der Waals surface area contributed by atoms with Gasteiger partial charge >= 0.3 is 6.18 Å². The first kappa shape index (κ1) is 18.3. The van der Waals surface area contributed by atoms with Crippen molar-refractivity contribution in [2.45, 2.75) is 77.3 Å². The van der Waals surface area contributed by atoms with E-state index in [0.29, 0.717) is 13.1 Å². The first-order valence-electron chi connectivity index (χ1n) is 8.42. The van der Waals surface area contributed by atoms with E-state index in [1.54, 1.807) is 0 Å². The van der Waals surface area contributed by atoms with Crippen LogP contribution in [0.1, 0.15) is 71.1 Å². The van der Waals surface area contributed by atoms with Gasteiger partial charge in [-0.2, -0.15) is 13.2 Å². The largest absolute Gasteiger partial charge is 0.449 e. The standard InChI is InChI=1S/C16H29F3N2/c1-2-3-4-5-6-7-8-9-10-11-13-21-14-12-20-15(21)16(17,18)19/h2-14H2,1H3. The fraction of sp³-hybridized carbons (Fsp3) is 0.938. The molecule has 0 N–H and O–H groups in total. The summed E-state index contributed by atoms with van der Waals surface area (Å²) in [7, 11) is 0. The van der Waals surface area contributed by atoms with Crippen LogP contribution < -0.4 is 0 Å². The Balaban J connectivity index is 1.96. The van der Waals surface area contributed by atoms with Crippen LogP contribution in [0.3, 0.4) is 0 Å². The molecule has 0 bridgehead atoms. The third kappa shape index (κ3) is 7.72. The molecule has 2 nitrogen and oxygen atoms in total. The summed E-state index contributed by atoms with van der Waals surface area (Å²) in [4.78, 5) is 4.96. The van der Waals surface area contributed by atoms with Crippen LogP contribution in [-0.4, -0.2) is 36.5 Å². The number of halogens is 3. The van der Waals surface area contributed by atoms with Crippen molar-refractivity contribution < 1.29 is 13.2 Å². The van der Waals surface area contributed by atoms with Crippen molar-refractivity contribution in [2.75, 3.05) is 19.6 Å². The van der Waals surface area contributed by atoms with Crippen LogP contribution in [0.2, 0.25) is 0 Å². The lowest BCUT2D eigenvalue weighted by Crippen LogP contribution is -2.38. The average Bonchev–Trinajstić information content (AvgIpc) is 2.89. The van der Waals surface area contributed by atoms with Crippen molar-refractivity contribution >= 4 is 5.84 Å². The van der Waals surface area contributed by atoms with Gasteiger partial charge in [0.05, 0.1) is 6.54 Å². The molecule has 0 atom stereocenters. The Morgan fingerprint density at radius 3 is 1.95 bits per heavy atom. The van der Waals surface area contributed by atoms with Crippen molar-refractivity contribution in [3.63, 3.8) is 0 Å². The summed E-state index contributed by atoms with van der Waals surface area (Å²) in [6.45, 7) is 3.42. The van der Waals surface area contributed by atoms with Gasteiger partial charge in [0.15, 0.2) is 0 Å². The molecule has 21 heavy (non-hydrogen) atoms. The van der Waals surface area contributed by atoms with E-state index in [1.807, 2.05) is 0 Å². The van der Waals surface area contributed by atoms with Gasteiger partial charge in [0.25, 0.3) is 0 Å². The minimum Gasteiger partial charge on any atom is -0.351 e. The Morgan fingerprint density at radius 2 is 1.43 bits per heavy atom. The Morgan fingerprint density at radius 1 is 0.905 bits per heavy atom. The summed E-state index contributed by atoms with van der Waals surface area (Å²) in [6, 6.07) is 0. The zero-order chi connectivity index (χ0) is 15.6. The molecule has 1 aliphatic heterocycles. The fourth-order valence-corrected chi connectivity index (χ4v) is 2.76. The number of hydrogen-bond acceptors (Lipinski definition) is 2. The van der Waals surface area contributed by atoms with Gasteiger partial charge < -0.3 is 4.90 Å². The van der Waals surface area contributed by atoms with Crippen LogP contribution in [0, 0.1) is 0 Å². The van der Waals surface area contributed by atoms with Crippen molar-refractivity contribution in [2.24, 2.45) is 4.99 Å². The lowest BCUT2D eigenvalue weighted by atomic mass is 10.1. The summed E-state index contributed by atoms with van der Waals surface area (Å²) < 4.78 is 37.9. The number of hydrogen-bond donors (Lipinski definition) is 0. The monoisotopic (exact) mass is 306 g/mol. The van der Waals surface area contributed by atoms with Crippen LogP contribution >= 0.6 is 0 Å². The predicted molar refractivity (Wildman–Crippen MR) is 81.8 cm³/mol. The maximum absolute atomic E-state index is 12.6. The maximum Gasteiger partial charge on any atom is 0.449 e. The van der Waals surface area contributed by atoms with E-state index in [9.17, 15) is 13.2 Å². The molecule has 124 valence electrons. The molecule has 1 aliphatic rings. The van der Waals surface area contributed by atoms with Crippen LogP contribution in [0.5, 0.6) is 0 Å². The molecule has 0 aromatic heterocycles. The van der Waals surface area contributed by atoms with E-state index in [-0.39, 0.29) is 6.54 Å². The van der Waals surface area contributed by atoms with Gasteiger partial charge in [-0.3, -0.25) is 4.99 Å². The smallest absolute Gasteiger partial charge is 0.351 e. The summed E-state index contributed by atoms with van der Waals surface area (Å²) in [5, 5.41) is 0. The fourth-order valence-electron chi connectivity index (χ4n) is 2.76. The second kappa shape index (κ2) is 10.1. The minimum absolute atomic E-state index is 0.284. The molecule has 5 heteroatoms. The number of alkyl halides is 3. The number of aliphatic imine (C=N–C) groups is 1. The number of nitrogens with zero attached hydrogens (tertiary/aromatic N) is 2. The highest BCUT2D eigenvalue weighted by atomic mass is 19.4. The second-order valence-corrected chi connectivity index (χ2v) is 5.87. The molecule has 1 rings (SSSR count). The molecule has 0 amide bonds. The van der Waals surface area contributed by atoms with Crippen LogP contribution in [0.15, 0.2) is 4.99 Å². The molecule has 0 radical (unpaired) electrons. The third-order valence-electron chi connectivity index (χ3n) is 3.97. The van der Waals surface area contributed by atoms with E-state index in [2.05, 4.69) is 11.9 Å².